The molecule has 1 aromatic heterocycles. The molecule has 6 nitrogen and oxygen atoms in total. The first-order valence-electron chi connectivity index (χ1n) is 8.44. The summed E-state index contributed by atoms with van der Waals surface area (Å²) in [5.41, 5.74) is -0.267. The molecule has 1 saturated heterocycles. The molecule has 1 N–H and O–H groups in total. The first kappa shape index (κ1) is 18.8. The van der Waals surface area contributed by atoms with Crippen molar-refractivity contribution in [3.05, 3.63) is 35.3 Å². The molecule has 3 rings (SSSR count). The Kier molecular flexibility index (Phi) is 5.62. The zero-order chi connectivity index (χ0) is 18.7. The van der Waals surface area contributed by atoms with E-state index >= 15 is 0 Å². The van der Waals surface area contributed by atoms with Crippen LogP contribution in [0.4, 0.5) is 5.13 Å². The number of nitrogens with zero attached hydrogens (tertiary/aromatic N) is 3. The zero-order valence-corrected chi connectivity index (χ0v) is 16.7. The average molecular weight is 391 g/mol. The molecule has 0 unspecified atom stereocenters. The highest BCUT2D eigenvalue weighted by molar-refractivity contribution is 7.98. The van der Waals surface area contributed by atoms with Crippen molar-refractivity contribution in [1.82, 2.24) is 15.1 Å². The molecule has 0 spiro atoms. The van der Waals surface area contributed by atoms with E-state index in [0.29, 0.717) is 17.4 Å². The number of thioether (sulfide) groups is 1. The van der Waals surface area contributed by atoms with Crippen molar-refractivity contribution in [2.75, 3.05) is 11.9 Å². The Hall–Kier alpha value is -1.93. The van der Waals surface area contributed by atoms with Gasteiger partial charge in [-0.3, -0.25) is 9.59 Å². The van der Waals surface area contributed by atoms with E-state index in [1.54, 1.807) is 16.7 Å². The van der Waals surface area contributed by atoms with Crippen molar-refractivity contribution >= 4 is 40.0 Å². The van der Waals surface area contributed by atoms with E-state index in [9.17, 15) is 9.59 Å². The van der Waals surface area contributed by atoms with E-state index in [-0.39, 0.29) is 29.7 Å². The van der Waals surface area contributed by atoms with Crippen LogP contribution in [-0.2, 0) is 15.3 Å². The van der Waals surface area contributed by atoms with Crippen LogP contribution in [0.1, 0.15) is 32.2 Å². The van der Waals surface area contributed by atoms with Gasteiger partial charge in [0.05, 0.1) is 11.7 Å². The monoisotopic (exact) mass is 390 g/mol. The van der Waals surface area contributed by atoms with Gasteiger partial charge in [0.15, 0.2) is 0 Å². The molecule has 2 aromatic rings. The molecule has 1 aliphatic heterocycles. The smallest absolute Gasteiger partial charge is 0.231 e. The number of aromatic nitrogens is 2. The van der Waals surface area contributed by atoms with E-state index in [0.717, 1.165) is 5.01 Å². The molecule has 1 fully saturated rings. The number of nitrogens with one attached hydrogen (secondary N) is 1. The molecule has 1 aromatic carbocycles. The Bertz CT molecular complexity index is 786. The van der Waals surface area contributed by atoms with Crippen molar-refractivity contribution in [3.8, 4) is 0 Å². The van der Waals surface area contributed by atoms with Crippen LogP contribution in [0.5, 0.6) is 0 Å². The number of benzene rings is 1. The molecule has 2 amide bonds. The molecule has 8 heteroatoms. The lowest BCUT2D eigenvalue weighted by Crippen LogP contribution is -2.42. The van der Waals surface area contributed by atoms with Crippen LogP contribution in [0, 0.1) is 5.92 Å². The molecular formula is C18H22N4O2S2. The fourth-order valence-electron chi connectivity index (χ4n) is 2.76. The van der Waals surface area contributed by atoms with Crippen LogP contribution in [-0.4, -0.2) is 39.0 Å². The van der Waals surface area contributed by atoms with Crippen LogP contribution < -0.4 is 5.32 Å². The summed E-state index contributed by atoms with van der Waals surface area (Å²) < 4.78 is 0. The van der Waals surface area contributed by atoms with Gasteiger partial charge in [-0.15, -0.1) is 22.0 Å². The highest BCUT2D eigenvalue weighted by Crippen LogP contribution is 2.28. The predicted molar refractivity (Wildman–Crippen MR) is 104 cm³/mol. The van der Waals surface area contributed by atoms with E-state index in [4.69, 9.17) is 0 Å². The zero-order valence-electron chi connectivity index (χ0n) is 15.1. The first-order valence-corrected chi connectivity index (χ1v) is 10.2. The summed E-state index contributed by atoms with van der Waals surface area (Å²) in [5.74, 6) is 0.225. The third kappa shape index (κ3) is 4.62. The minimum absolute atomic E-state index is 0.0230. The Morgan fingerprint density at radius 1 is 1.31 bits per heavy atom. The van der Waals surface area contributed by atoms with Crippen LogP contribution in [0.3, 0.4) is 0 Å². The fraction of sp³-hybridized carbons (Fsp3) is 0.444. The molecule has 2 heterocycles. The van der Waals surface area contributed by atoms with Gasteiger partial charge >= 0.3 is 0 Å². The minimum atomic E-state index is -0.340. The van der Waals surface area contributed by atoms with Gasteiger partial charge in [-0.25, -0.2) is 0 Å². The lowest BCUT2D eigenvalue weighted by atomic mass is 10.1. The van der Waals surface area contributed by atoms with Gasteiger partial charge in [0.25, 0.3) is 0 Å². The molecule has 1 aliphatic rings. The summed E-state index contributed by atoms with van der Waals surface area (Å²) in [4.78, 5) is 27.5. The van der Waals surface area contributed by atoms with Gasteiger partial charge in [0, 0.05) is 23.4 Å². The van der Waals surface area contributed by atoms with Gasteiger partial charge in [-0.05, 0) is 32.9 Å². The van der Waals surface area contributed by atoms with Crippen molar-refractivity contribution in [1.29, 1.82) is 0 Å². The highest BCUT2D eigenvalue weighted by Gasteiger charge is 2.39. The summed E-state index contributed by atoms with van der Waals surface area (Å²) in [6.07, 6.45) is 0.249. The summed E-state index contributed by atoms with van der Waals surface area (Å²) in [6.45, 7) is 6.38. The minimum Gasteiger partial charge on any atom is -0.337 e. The average Bonchev–Trinajstić information content (AvgIpc) is 3.20. The Morgan fingerprint density at radius 3 is 2.69 bits per heavy atom. The molecule has 0 saturated carbocycles. The topological polar surface area (TPSA) is 75.2 Å². The van der Waals surface area contributed by atoms with Gasteiger partial charge < -0.3 is 10.2 Å². The Morgan fingerprint density at radius 2 is 2.04 bits per heavy atom. The van der Waals surface area contributed by atoms with Crippen molar-refractivity contribution in [3.63, 3.8) is 0 Å². The lowest BCUT2D eigenvalue weighted by molar-refractivity contribution is -0.131. The summed E-state index contributed by atoms with van der Waals surface area (Å²) in [7, 11) is 0. The third-order valence-corrected chi connectivity index (χ3v) is 6.15. The SMILES string of the molecule is CC(C)(C)N1C[C@@H](C(=O)Nc2nnc(CSc3ccccc3)s2)CC1=O. The largest absolute Gasteiger partial charge is 0.337 e. The second-order valence-corrected chi connectivity index (χ2v) is 9.28. The van der Waals surface area contributed by atoms with E-state index < -0.39 is 0 Å². The second kappa shape index (κ2) is 7.75. The molecule has 1 atom stereocenters. The molecular weight excluding hydrogens is 368 g/mol. The Labute approximate surface area is 161 Å². The maximum absolute atomic E-state index is 12.5. The van der Waals surface area contributed by atoms with Crippen LogP contribution in [0.2, 0.25) is 0 Å². The number of anilines is 1. The number of amides is 2. The summed E-state index contributed by atoms with van der Waals surface area (Å²) in [6, 6.07) is 10.1. The maximum Gasteiger partial charge on any atom is 0.231 e. The third-order valence-electron chi connectivity index (χ3n) is 4.11. The van der Waals surface area contributed by atoms with E-state index in [1.807, 2.05) is 51.1 Å². The quantitative estimate of drug-likeness (QED) is 0.792. The highest BCUT2D eigenvalue weighted by atomic mass is 32.2. The predicted octanol–water partition coefficient (Wildman–Crippen LogP) is 3.42. The fourth-order valence-corrected chi connectivity index (χ4v) is 4.41. The standard InChI is InChI=1S/C18H22N4O2S2/c1-18(2,3)22-10-12(9-15(22)23)16(24)19-17-21-20-14(26-17)11-25-13-7-5-4-6-8-13/h4-8,12H,9-11H2,1-3H3,(H,19,21,24)/t12-/m0/s1. The number of carbonyl (C=O) groups is 2. The number of likely N-dealkylation sites (tertiary alicyclic amines) is 1. The normalized spacial score (nSPS) is 17.6. The summed E-state index contributed by atoms with van der Waals surface area (Å²) >= 11 is 3.05. The molecule has 0 aliphatic carbocycles. The maximum atomic E-state index is 12.5. The summed E-state index contributed by atoms with van der Waals surface area (Å²) in [5, 5.41) is 12.3. The van der Waals surface area contributed by atoms with Gasteiger partial charge in [0.2, 0.25) is 16.9 Å². The van der Waals surface area contributed by atoms with E-state index in [2.05, 4.69) is 15.5 Å². The second-order valence-electron chi connectivity index (χ2n) is 7.17. The molecule has 138 valence electrons. The molecule has 26 heavy (non-hydrogen) atoms. The Balaban J connectivity index is 1.54. The molecule has 0 radical (unpaired) electrons. The van der Waals surface area contributed by atoms with Crippen molar-refractivity contribution < 1.29 is 9.59 Å². The van der Waals surface area contributed by atoms with Crippen LogP contribution in [0.25, 0.3) is 0 Å². The van der Waals surface area contributed by atoms with Crippen molar-refractivity contribution in [2.45, 2.75) is 43.4 Å². The number of hydrogen-bond donors (Lipinski definition) is 1. The number of rotatable bonds is 5. The van der Waals surface area contributed by atoms with Gasteiger partial charge in [-0.2, -0.15) is 0 Å². The van der Waals surface area contributed by atoms with Gasteiger partial charge in [-0.1, -0.05) is 29.5 Å². The van der Waals surface area contributed by atoms with E-state index in [1.165, 1.54) is 16.2 Å². The van der Waals surface area contributed by atoms with Crippen LogP contribution >= 0.6 is 23.1 Å². The van der Waals surface area contributed by atoms with Crippen LogP contribution in [0.15, 0.2) is 35.2 Å². The van der Waals surface area contributed by atoms with Gasteiger partial charge in [0.1, 0.15) is 5.01 Å². The molecule has 0 bridgehead atoms. The number of carbonyl (C=O) groups excluding carboxylic acids is 2. The lowest BCUT2D eigenvalue weighted by Gasteiger charge is -2.31. The van der Waals surface area contributed by atoms with Crippen molar-refractivity contribution in [2.24, 2.45) is 5.92 Å². The first-order chi connectivity index (χ1) is 12.3. The number of hydrogen-bond acceptors (Lipinski definition) is 6.